The van der Waals surface area contributed by atoms with Crippen LogP contribution in [0.2, 0.25) is 5.02 Å². The van der Waals surface area contributed by atoms with E-state index in [1.54, 1.807) is 0 Å². The van der Waals surface area contributed by atoms with E-state index in [1.807, 2.05) is 37.2 Å². The summed E-state index contributed by atoms with van der Waals surface area (Å²) in [6.07, 6.45) is 0.904. The Bertz CT molecular complexity index is 313. The second-order valence-electron chi connectivity index (χ2n) is 3.61. The molecule has 4 heteroatoms. The second-order valence-corrected chi connectivity index (χ2v) is 4.02. The molecule has 0 amide bonds. The maximum absolute atomic E-state index is 6.14. The van der Waals surface area contributed by atoms with E-state index in [4.69, 9.17) is 17.3 Å². The lowest BCUT2D eigenvalue weighted by Gasteiger charge is -2.16. The molecule has 0 saturated carbocycles. The first-order valence-corrected chi connectivity index (χ1v) is 5.16. The van der Waals surface area contributed by atoms with E-state index >= 15 is 0 Å². The number of nitrogens with zero attached hydrogens (tertiary/aromatic N) is 1. The predicted molar refractivity (Wildman–Crippen MR) is 70.2 cm³/mol. The second kappa shape index (κ2) is 6.21. The largest absolute Gasteiger partial charge is 0.378 e. The van der Waals surface area contributed by atoms with Gasteiger partial charge in [-0.05, 0) is 24.1 Å². The molecule has 0 saturated heterocycles. The number of hydrogen-bond acceptors (Lipinski definition) is 2. The Kier molecular flexibility index (Phi) is 6.03. The Morgan fingerprint density at radius 3 is 2.40 bits per heavy atom. The molecule has 15 heavy (non-hydrogen) atoms. The van der Waals surface area contributed by atoms with Gasteiger partial charge in [-0.3, -0.25) is 0 Å². The monoisotopic (exact) mass is 248 g/mol. The molecular weight excluding hydrogens is 231 g/mol. The zero-order chi connectivity index (χ0) is 10.7. The predicted octanol–water partition coefficient (Wildman–Crippen LogP) is 3.24. The number of rotatable bonds is 3. The highest BCUT2D eigenvalue weighted by molar-refractivity contribution is 6.31. The van der Waals surface area contributed by atoms with Crippen molar-refractivity contribution < 1.29 is 0 Å². The molecule has 0 aliphatic rings. The summed E-state index contributed by atoms with van der Waals surface area (Å²) in [5, 5.41) is 0.755. The van der Waals surface area contributed by atoms with Gasteiger partial charge >= 0.3 is 0 Å². The van der Waals surface area contributed by atoms with Crippen LogP contribution in [0.15, 0.2) is 18.2 Å². The molecule has 2 N–H and O–H groups in total. The molecule has 2 nitrogen and oxygen atoms in total. The van der Waals surface area contributed by atoms with Crippen LogP contribution >= 0.6 is 24.0 Å². The third-order valence-electron chi connectivity index (χ3n) is 2.34. The van der Waals surface area contributed by atoms with Crippen LogP contribution in [0.3, 0.4) is 0 Å². The van der Waals surface area contributed by atoms with Gasteiger partial charge in [0, 0.05) is 30.8 Å². The zero-order valence-electron chi connectivity index (χ0n) is 9.33. The van der Waals surface area contributed by atoms with Crippen molar-refractivity contribution in [3.8, 4) is 0 Å². The van der Waals surface area contributed by atoms with Gasteiger partial charge in [-0.2, -0.15) is 0 Å². The summed E-state index contributed by atoms with van der Waals surface area (Å²) in [6.45, 7) is 2.06. The van der Waals surface area contributed by atoms with Crippen LogP contribution < -0.4 is 10.6 Å². The molecule has 1 atom stereocenters. The quantitative estimate of drug-likeness (QED) is 0.891. The van der Waals surface area contributed by atoms with Crippen molar-refractivity contribution in [1.82, 2.24) is 0 Å². The van der Waals surface area contributed by atoms with Crippen molar-refractivity contribution in [1.29, 1.82) is 0 Å². The van der Waals surface area contributed by atoms with Gasteiger partial charge < -0.3 is 10.6 Å². The molecule has 0 unspecified atom stereocenters. The van der Waals surface area contributed by atoms with Crippen molar-refractivity contribution >= 4 is 29.7 Å². The lowest BCUT2D eigenvalue weighted by atomic mass is 10.1. The van der Waals surface area contributed by atoms with Gasteiger partial charge in [0.25, 0.3) is 0 Å². The van der Waals surface area contributed by atoms with Crippen LogP contribution in [0.1, 0.15) is 24.9 Å². The third-order valence-corrected chi connectivity index (χ3v) is 2.67. The molecule has 1 aromatic rings. The van der Waals surface area contributed by atoms with Gasteiger partial charge in [0.1, 0.15) is 0 Å². The maximum atomic E-state index is 6.14. The standard InChI is InChI=1S/C11H17ClN2.ClH/c1-4-11(13)9-6-5-8(14(2)3)7-10(9)12;/h5-7,11H,4,13H2,1-3H3;1H/t11-;/m0./s1. The SMILES string of the molecule is CC[C@H](N)c1ccc(N(C)C)cc1Cl.Cl. The number of benzene rings is 1. The minimum Gasteiger partial charge on any atom is -0.378 e. The summed E-state index contributed by atoms with van der Waals surface area (Å²) < 4.78 is 0. The van der Waals surface area contributed by atoms with Gasteiger partial charge in [0.05, 0.1) is 0 Å². The summed E-state index contributed by atoms with van der Waals surface area (Å²) >= 11 is 6.14. The van der Waals surface area contributed by atoms with E-state index < -0.39 is 0 Å². The average Bonchev–Trinajstić information content (AvgIpc) is 2.16. The Labute approximate surface area is 103 Å². The van der Waals surface area contributed by atoms with E-state index in [9.17, 15) is 0 Å². The molecule has 1 rings (SSSR count). The summed E-state index contributed by atoms with van der Waals surface area (Å²) in [5.74, 6) is 0. The molecule has 0 aromatic heterocycles. The summed E-state index contributed by atoms with van der Waals surface area (Å²) in [6, 6.07) is 6.04. The molecule has 0 aliphatic heterocycles. The van der Waals surface area contributed by atoms with E-state index in [0.717, 1.165) is 22.7 Å². The van der Waals surface area contributed by atoms with Crippen molar-refractivity contribution in [2.24, 2.45) is 5.73 Å². The van der Waals surface area contributed by atoms with Crippen LogP contribution in [0.4, 0.5) is 5.69 Å². The highest BCUT2D eigenvalue weighted by Crippen LogP contribution is 2.27. The minimum absolute atomic E-state index is 0. The molecule has 0 fully saturated rings. The van der Waals surface area contributed by atoms with Crippen molar-refractivity contribution in [2.45, 2.75) is 19.4 Å². The van der Waals surface area contributed by atoms with Gasteiger partial charge in [-0.15, -0.1) is 12.4 Å². The van der Waals surface area contributed by atoms with E-state index in [-0.39, 0.29) is 18.4 Å². The van der Waals surface area contributed by atoms with Gasteiger partial charge in [0.2, 0.25) is 0 Å². The summed E-state index contributed by atoms with van der Waals surface area (Å²) in [4.78, 5) is 2.02. The fourth-order valence-corrected chi connectivity index (χ4v) is 1.63. The topological polar surface area (TPSA) is 29.3 Å². The number of hydrogen-bond donors (Lipinski definition) is 1. The molecule has 0 aliphatic carbocycles. The Balaban J connectivity index is 0.00000196. The van der Waals surface area contributed by atoms with Crippen LogP contribution in [-0.4, -0.2) is 14.1 Å². The number of nitrogens with two attached hydrogens (primary N) is 1. The first-order chi connectivity index (χ1) is 6.56. The van der Waals surface area contributed by atoms with Crippen LogP contribution in [-0.2, 0) is 0 Å². The third kappa shape index (κ3) is 3.56. The first kappa shape index (κ1) is 14.6. The molecule has 86 valence electrons. The Morgan fingerprint density at radius 2 is 2.00 bits per heavy atom. The van der Waals surface area contributed by atoms with Crippen molar-refractivity contribution in [3.63, 3.8) is 0 Å². The average molecular weight is 249 g/mol. The number of halogens is 2. The van der Waals surface area contributed by atoms with Crippen LogP contribution in [0.5, 0.6) is 0 Å². The first-order valence-electron chi connectivity index (χ1n) is 4.78. The maximum Gasteiger partial charge on any atom is 0.0474 e. The zero-order valence-corrected chi connectivity index (χ0v) is 10.9. The van der Waals surface area contributed by atoms with Crippen molar-refractivity contribution in [2.75, 3.05) is 19.0 Å². The van der Waals surface area contributed by atoms with Crippen LogP contribution in [0.25, 0.3) is 0 Å². The highest BCUT2D eigenvalue weighted by Gasteiger charge is 2.08. The summed E-state index contributed by atoms with van der Waals surface area (Å²) in [7, 11) is 3.98. The lowest BCUT2D eigenvalue weighted by Crippen LogP contribution is -2.11. The molecule has 1 aromatic carbocycles. The minimum atomic E-state index is 0. The molecule has 0 heterocycles. The summed E-state index contributed by atoms with van der Waals surface area (Å²) in [5.41, 5.74) is 8.05. The van der Waals surface area contributed by atoms with E-state index in [1.165, 1.54) is 0 Å². The lowest BCUT2D eigenvalue weighted by molar-refractivity contribution is 0.699. The highest BCUT2D eigenvalue weighted by atomic mass is 35.5. The van der Waals surface area contributed by atoms with Crippen molar-refractivity contribution in [3.05, 3.63) is 28.8 Å². The molecule has 0 spiro atoms. The smallest absolute Gasteiger partial charge is 0.0474 e. The van der Waals surface area contributed by atoms with Gasteiger partial charge in [-0.25, -0.2) is 0 Å². The fraction of sp³-hybridized carbons (Fsp3) is 0.455. The normalized spacial score (nSPS) is 11.8. The molecule has 0 radical (unpaired) electrons. The van der Waals surface area contributed by atoms with Gasteiger partial charge in [-0.1, -0.05) is 24.6 Å². The Morgan fingerprint density at radius 1 is 1.40 bits per heavy atom. The Hall–Kier alpha value is -0.440. The van der Waals surface area contributed by atoms with E-state index in [0.29, 0.717) is 0 Å². The number of anilines is 1. The van der Waals surface area contributed by atoms with Gasteiger partial charge in [0.15, 0.2) is 0 Å². The molecular formula is C11H18Cl2N2. The van der Waals surface area contributed by atoms with E-state index in [2.05, 4.69) is 6.92 Å². The van der Waals surface area contributed by atoms with Crippen LogP contribution in [0, 0.1) is 0 Å². The molecule has 0 bridgehead atoms. The fourth-order valence-electron chi connectivity index (χ4n) is 1.31.